The van der Waals surface area contributed by atoms with Gasteiger partial charge in [0.25, 0.3) is 0 Å². The van der Waals surface area contributed by atoms with Crippen LogP contribution in [0.5, 0.6) is 11.5 Å². The van der Waals surface area contributed by atoms with Gasteiger partial charge < -0.3 is 14.6 Å². The average molecular weight is 504 g/mol. The molecule has 0 amide bonds. The Labute approximate surface area is 221 Å². The second-order valence-electron chi connectivity index (χ2n) is 10.7. The van der Waals surface area contributed by atoms with Gasteiger partial charge in [-0.15, -0.1) is 0 Å². The van der Waals surface area contributed by atoms with E-state index in [2.05, 4.69) is 43.5 Å². The first-order valence-corrected chi connectivity index (χ1v) is 13.7. The van der Waals surface area contributed by atoms with Crippen LogP contribution >= 0.6 is 0 Å². The fourth-order valence-corrected chi connectivity index (χ4v) is 5.39. The zero-order chi connectivity index (χ0) is 26.4. The molecule has 0 bridgehead atoms. The fraction of sp³-hybridized carbons (Fsp3) is 0.469. The maximum absolute atomic E-state index is 12.8. The minimum absolute atomic E-state index is 0.0939. The lowest BCUT2D eigenvalue weighted by molar-refractivity contribution is 0.0956. The van der Waals surface area contributed by atoms with E-state index in [4.69, 9.17) is 9.47 Å². The molecule has 37 heavy (non-hydrogen) atoms. The molecular formula is C32H41NO4. The van der Waals surface area contributed by atoms with Gasteiger partial charge in [-0.1, -0.05) is 73.9 Å². The summed E-state index contributed by atoms with van der Waals surface area (Å²) in [6, 6.07) is 14.2. The molecule has 2 unspecified atom stereocenters. The largest absolute Gasteiger partial charge is 0.513 e. The predicted octanol–water partition coefficient (Wildman–Crippen LogP) is 7.54. The number of unbranched alkanes of at least 4 members (excludes halogenated alkanes) is 2. The molecule has 2 aromatic rings. The molecule has 1 aliphatic carbocycles. The van der Waals surface area contributed by atoms with Gasteiger partial charge in [0.15, 0.2) is 0 Å². The molecule has 0 aromatic heterocycles. The van der Waals surface area contributed by atoms with E-state index in [0.29, 0.717) is 17.9 Å². The summed E-state index contributed by atoms with van der Waals surface area (Å²) in [6.45, 7) is 12.6. The van der Waals surface area contributed by atoms with Gasteiger partial charge in [-0.2, -0.15) is 0 Å². The summed E-state index contributed by atoms with van der Waals surface area (Å²) >= 11 is 0. The normalized spacial score (nSPS) is 22.7. The third-order valence-corrected chi connectivity index (χ3v) is 7.61. The number of nitrogens with zero attached hydrogens (tertiary/aromatic N) is 1. The zero-order valence-corrected chi connectivity index (χ0v) is 22.5. The number of phenolic OH excluding ortho intramolecular Hbond substituents is 1. The summed E-state index contributed by atoms with van der Waals surface area (Å²) in [5.74, 6) is 0.659. The summed E-state index contributed by atoms with van der Waals surface area (Å²) in [6.07, 6.45) is 7.52. The summed E-state index contributed by atoms with van der Waals surface area (Å²) in [5.41, 5.74) is 5.21. The smallest absolute Gasteiger partial charge is 0.507 e. The van der Waals surface area contributed by atoms with Crippen molar-refractivity contribution in [3.63, 3.8) is 0 Å². The van der Waals surface area contributed by atoms with Crippen LogP contribution in [0.1, 0.15) is 75.5 Å². The first-order valence-electron chi connectivity index (χ1n) is 13.7. The van der Waals surface area contributed by atoms with Crippen LogP contribution in [0.2, 0.25) is 0 Å². The molecule has 0 saturated carbocycles. The maximum atomic E-state index is 12.8. The summed E-state index contributed by atoms with van der Waals surface area (Å²) < 4.78 is 11.4. The lowest BCUT2D eigenvalue weighted by atomic mass is 9.73. The van der Waals surface area contributed by atoms with Gasteiger partial charge in [-0.25, -0.2) is 4.79 Å². The van der Waals surface area contributed by atoms with Crippen LogP contribution in [-0.4, -0.2) is 35.4 Å². The predicted molar refractivity (Wildman–Crippen MR) is 148 cm³/mol. The van der Waals surface area contributed by atoms with E-state index >= 15 is 0 Å². The standard InChI is InChI=1S/C32H41NO4/c1-5-6-8-13-25-17-29(34)31(28-16-23(4)14-15-27(28)22(2)3)30(18-25)37-32(35)36-21-26-20-33(26)19-24-11-9-7-10-12-24/h7,9-12,16-18,26-28,34H,2,5-6,8,13-15,19-21H2,1,3-4H3/t26?,27-,28+,33?/m0/s1. The third-order valence-electron chi connectivity index (χ3n) is 7.61. The Kier molecular flexibility index (Phi) is 9.09. The monoisotopic (exact) mass is 503 g/mol. The lowest BCUT2D eigenvalue weighted by Gasteiger charge is -2.32. The topological polar surface area (TPSA) is 58.8 Å². The van der Waals surface area contributed by atoms with Gasteiger partial charge in [0.2, 0.25) is 0 Å². The van der Waals surface area contributed by atoms with E-state index in [1.54, 1.807) is 0 Å². The Morgan fingerprint density at radius 3 is 2.68 bits per heavy atom. The summed E-state index contributed by atoms with van der Waals surface area (Å²) in [4.78, 5) is 15.1. The van der Waals surface area contributed by atoms with Gasteiger partial charge in [-0.05, 0) is 68.7 Å². The first kappa shape index (κ1) is 27.0. The summed E-state index contributed by atoms with van der Waals surface area (Å²) in [5, 5.41) is 11.2. The molecular weight excluding hydrogens is 462 g/mol. The van der Waals surface area contributed by atoms with Crippen LogP contribution in [0.3, 0.4) is 0 Å². The number of carbonyl (C=O) groups is 1. The third kappa shape index (κ3) is 7.26. The second-order valence-corrected chi connectivity index (χ2v) is 10.7. The van der Waals surface area contributed by atoms with Gasteiger partial charge >= 0.3 is 6.16 Å². The van der Waals surface area contributed by atoms with E-state index in [1.807, 2.05) is 37.3 Å². The maximum Gasteiger partial charge on any atom is 0.513 e. The summed E-state index contributed by atoms with van der Waals surface area (Å²) in [7, 11) is 0. The molecule has 4 atom stereocenters. The van der Waals surface area contributed by atoms with Gasteiger partial charge in [0, 0.05) is 24.6 Å². The molecule has 1 aliphatic heterocycles. The Morgan fingerprint density at radius 2 is 1.95 bits per heavy atom. The number of rotatable bonds is 11. The van der Waals surface area contributed by atoms with Crippen LogP contribution in [0.15, 0.2) is 66.3 Å². The van der Waals surface area contributed by atoms with Crippen molar-refractivity contribution in [2.75, 3.05) is 13.2 Å². The number of allylic oxidation sites excluding steroid dienone is 3. The molecule has 2 aliphatic rings. The highest BCUT2D eigenvalue weighted by Crippen LogP contribution is 2.47. The molecule has 4 rings (SSSR count). The fourth-order valence-electron chi connectivity index (χ4n) is 5.39. The highest BCUT2D eigenvalue weighted by Gasteiger charge is 2.35. The Balaban J connectivity index is 1.48. The van der Waals surface area contributed by atoms with E-state index in [0.717, 1.165) is 62.8 Å². The lowest BCUT2D eigenvalue weighted by Crippen LogP contribution is -2.20. The zero-order valence-electron chi connectivity index (χ0n) is 22.5. The van der Waals surface area contributed by atoms with Crippen molar-refractivity contribution in [2.24, 2.45) is 5.92 Å². The minimum atomic E-state index is -0.721. The highest BCUT2D eigenvalue weighted by molar-refractivity contribution is 5.66. The number of aromatic hydroxyl groups is 1. The second kappa shape index (κ2) is 12.5. The van der Waals surface area contributed by atoms with Gasteiger partial charge in [-0.3, -0.25) is 4.90 Å². The number of phenols is 1. The Hall–Kier alpha value is -3.05. The van der Waals surface area contributed by atoms with Crippen molar-refractivity contribution in [2.45, 2.75) is 77.8 Å². The van der Waals surface area contributed by atoms with Crippen LogP contribution < -0.4 is 4.74 Å². The highest BCUT2D eigenvalue weighted by atomic mass is 16.7. The SMILES string of the molecule is C=C(C)[C@@H]1CCC(C)=C[C@H]1c1c(O)cc(CCCCC)cc1OC(=O)OCC1CN1Cc1ccccc1. The van der Waals surface area contributed by atoms with Crippen molar-refractivity contribution < 1.29 is 19.4 Å². The molecule has 198 valence electrons. The van der Waals surface area contributed by atoms with Gasteiger partial charge in [0.1, 0.15) is 18.1 Å². The molecule has 1 fully saturated rings. The van der Waals surface area contributed by atoms with Gasteiger partial charge in [0.05, 0.1) is 6.04 Å². The van der Waals surface area contributed by atoms with E-state index in [9.17, 15) is 9.90 Å². The van der Waals surface area contributed by atoms with Crippen LogP contribution in [0, 0.1) is 5.92 Å². The number of benzene rings is 2. The Morgan fingerprint density at radius 1 is 1.16 bits per heavy atom. The van der Waals surface area contributed by atoms with Crippen molar-refractivity contribution in [1.82, 2.24) is 4.90 Å². The van der Waals surface area contributed by atoms with Crippen LogP contribution in [0.25, 0.3) is 0 Å². The molecule has 0 radical (unpaired) electrons. The van der Waals surface area contributed by atoms with E-state index in [1.165, 1.54) is 11.1 Å². The number of aryl methyl sites for hydroxylation is 1. The van der Waals surface area contributed by atoms with E-state index in [-0.39, 0.29) is 23.6 Å². The van der Waals surface area contributed by atoms with Crippen LogP contribution in [0.4, 0.5) is 4.79 Å². The van der Waals surface area contributed by atoms with Crippen LogP contribution in [-0.2, 0) is 17.7 Å². The first-order chi connectivity index (χ1) is 17.9. The molecule has 2 aromatic carbocycles. The Bertz CT molecular complexity index is 1120. The van der Waals surface area contributed by atoms with Crippen molar-refractivity contribution in [1.29, 1.82) is 0 Å². The number of carbonyl (C=O) groups excluding carboxylic acids is 1. The number of hydrogen-bond acceptors (Lipinski definition) is 5. The molecule has 1 heterocycles. The number of ether oxygens (including phenoxy) is 2. The quantitative estimate of drug-likeness (QED) is 0.113. The molecule has 5 nitrogen and oxygen atoms in total. The average Bonchev–Trinajstić information content (AvgIpc) is 3.60. The molecule has 1 saturated heterocycles. The van der Waals surface area contributed by atoms with E-state index < -0.39 is 6.16 Å². The van der Waals surface area contributed by atoms with Crippen molar-refractivity contribution in [3.05, 3.63) is 83.0 Å². The molecule has 1 N–H and O–H groups in total. The number of hydrogen-bond donors (Lipinski definition) is 1. The molecule has 0 spiro atoms. The minimum Gasteiger partial charge on any atom is -0.507 e. The van der Waals surface area contributed by atoms with Crippen molar-refractivity contribution in [3.8, 4) is 11.5 Å². The van der Waals surface area contributed by atoms with Crippen molar-refractivity contribution >= 4 is 6.16 Å². The molecule has 5 heteroatoms.